The Hall–Kier alpha value is -2.88. The van der Waals surface area contributed by atoms with Crippen LogP contribution in [-0.4, -0.2) is 58.5 Å². The van der Waals surface area contributed by atoms with Crippen LogP contribution < -0.4 is 14.9 Å². The molecule has 0 spiro atoms. The lowest BCUT2D eigenvalue weighted by Gasteiger charge is -2.36. The summed E-state index contributed by atoms with van der Waals surface area (Å²) in [7, 11) is -3.57. The molecule has 0 atom stereocenters. The van der Waals surface area contributed by atoms with E-state index in [0.29, 0.717) is 12.2 Å². The zero-order valence-electron chi connectivity index (χ0n) is 19.2. The highest BCUT2D eigenvalue weighted by Crippen LogP contribution is 2.21. The fourth-order valence-electron chi connectivity index (χ4n) is 3.97. The Kier molecular flexibility index (Phi) is 7.87. The van der Waals surface area contributed by atoms with Crippen LogP contribution in [0.2, 0.25) is 0 Å². The van der Waals surface area contributed by atoms with Gasteiger partial charge in [-0.1, -0.05) is 30.3 Å². The first-order chi connectivity index (χ1) is 16.4. The van der Waals surface area contributed by atoms with Crippen LogP contribution >= 0.6 is 11.3 Å². The predicted molar refractivity (Wildman–Crippen MR) is 138 cm³/mol. The second-order valence-corrected chi connectivity index (χ2v) is 11.3. The Morgan fingerprint density at radius 2 is 1.76 bits per heavy atom. The molecule has 2 heterocycles. The van der Waals surface area contributed by atoms with Crippen molar-refractivity contribution in [3.63, 3.8) is 0 Å². The highest BCUT2D eigenvalue weighted by atomic mass is 32.2. The van der Waals surface area contributed by atoms with Gasteiger partial charge >= 0.3 is 0 Å². The third-order valence-electron chi connectivity index (χ3n) is 5.82. The topological polar surface area (TPSA) is 81.8 Å². The summed E-state index contributed by atoms with van der Waals surface area (Å²) in [5.74, 6) is -0.0367. The summed E-state index contributed by atoms with van der Waals surface area (Å²) in [5, 5.41) is 4.72. The number of carbonyl (C=O) groups is 1. The number of rotatable bonds is 9. The van der Waals surface area contributed by atoms with Crippen LogP contribution in [0.3, 0.4) is 0 Å². The molecule has 0 saturated carbocycles. The van der Waals surface area contributed by atoms with Crippen molar-refractivity contribution >= 4 is 38.6 Å². The molecule has 1 fully saturated rings. The molecule has 4 rings (SSSR count). The van der Waals surface area contributed by atoms with Crippen LogP contribution in [0.1, 0.15) is 11.1 Å². The van der Waals surface area contributed by atoms with Gasteiger partial charge in [0.15, 0.2) is 0 Å². The number of amides is 1. The number of benzene rings is 2. The van der Waals surface area contributed by atoms with E-state index in [1.165, 1.54) is 22.6 Å². The number of sulfonamides is 1. The summed E-state index contributed by atoms with van der Waals surface area (Å²) in [5.41, 5.74) is 3.86. The van der Waals surface area contributed by atoms with E-state index < -0.39 is 10.0 Å². The summed E-state index contributed by atoms with van der Waals surface area (Å²) in [6.07, 6.45) is 0.263. The summed E-state index contributed by atoms with van der Waals surface area (Å²) in [6.45, 7) is 7.49. The largest absolute Gasteiger partial charge is 0.369 e. The summed E-state index contributed by atoms with van der Waals surface area (Å²) in [6, 6.07) is 18.8. The molecule has 7 nitrogen and oxygen atoms in total. The standard InChI is InChI=1S/C25H30N4O3S2/c1-20-4-2-5-23(18-20)29-15-13-28(14-16-29)12-11-26-24(30)19-21-7-9-22(10-8-21)27-34(31,32)25-6-3-17-33-25/h2-10,17-18,27H,11-16,19H2,1H3,(H,26,30). The number of carbonyl (C=O) groups excluding carboxylic acids is 1. The molecule has 0 bridgehead atoms. The van der Waals surface area contributed by atoms with E-state index in [9.17, 15) is 13.2 Å². The minimum Gasteiger partial charge on any atom is -0.369 e. The van der Waals surface area contributed by atoms with Crippen molar-refractivity contribution in [3.05, 3.63) is 77.2 Å². The molecule has 34 heavy (non-hydrogen) atoms. The minimum absolute atomic E-state index is 0.0367. The van der Waals surface area contributed by atoms with Crippen molar-refractivity contribution in [2.45, 2.75) is 17.6 Å². The van der Waals surface area contributed by atoms with Crippen LogP contribution in [-0.2, 0) is 21.2 Å². The molecule has 1 saturated heterocycles. The maximum absolute atomic E-state index is 12.3. The maximum Gasteiger partial charge on any atom is 0.271 e. The van der Waals surface area contributed by atoms with Gasteiger partial charge in [-0.05, 0) is 53.8 Å². The molecule has 0 aliphatic carbocycles. The van der Waals surface area contributed by atoms with Crippen molar-refractivity contribution in [3.8, 4) is 0 Å². The Morgan fingerprint density at radius 1 is 1.00 bits per heavy atom. The van der Waals surface area contributed by atoms with E-state index in [0.717, 1.165) is 38.3 Å². The van der Waals surface area contributed by atoms with E-state index in [2.05, 4.69) is 51.0 Å². The van der Waals surface area contributed by atoms with Gasteiger partial charge in [-0.25, -0.2) is 8.42 Å². The number of nitrogens with one attached hydrogen (secondary N) is 2. The average molecular weight is 499 g/mol. The minimum atomic E-state index is -3.57. The Balaban J connectivity index is 1.17. The van der Waals surface area contributed by atoms with Gasteiger partial charge < -0.3 is 10.2 Å². The maximum atomic E-state index is 12.3. The summed E-state index contributed by atoms with van der Waals surface area (Å²) in [4.78, 5) is 17.1. The number of nitrogens with zero attached hydrogens (tertiary/aromatic N) is 2. The number of hydrogen-bond acceptors (Lipinski definition) is 6. The lowest BCUT2D eigenvalue weighted by Crippen LogP contribution is -2.48. The number of thiophene rings is 1. The SMILES string of the molecule is Cc1cccc(N2CCN(CCNC(=O)Cc3ccc(NS(=O)(=O)c4cccs4)cc3)CC2)c1. The van der Waals surface area contributed by atoms with Crippen LogP contribution in [0.4, 0.5) is 11.4 Å². The molecule has 2 aromatic carbocycles. The highest BCUT2D eigenvalue weighted by molar-refractivity contribution is 7.94. The zero-order valence-corrected chi connectivity index (χ0v) is 20.9. The molecule has 1 aliphatic heterocycles. The van der Waals surface area contributed by atoms with Crippen LogP contribution in [0.5, 0.6) is 0 Å². The first-order valence-electron chi connectivity index (χ1n) is 11.3. The second-order valence-electron chi connectivity index (χ2n) is 8.43. The molecule has 1 aliphatic rings. The number of piperazine rings is 1. The summed E-state index contributed by atoms with van der Waals surface area (Å²) < 4.78 is 27.4. The lowest BCUT2D eigenvalue weighted by atomic mass is 10.1. The smallest absolute Gasteiger partial charge is 0.271 e. The monoisotopic (exact) mass is 498 g/mol. The van der Waals surface area contributed by atoms with Crippen LogP contribution in [0, 0.1) is 6.92 Å². The van der Waals surface area contributed by atoms with E-state index >= 15 is 0 Å². The van der Waals surface area contributed by atoms with Gasteiger partial charge in [-0.2, -0.15) is 0 Å². The van der Waals surface area contributed by atoms with Gasteiger partial charge in [0.1, 0.15) is 4.21 Å². The Bertz CT molecular complexity index is 1190. The Labute approximate surface area is 205 Å². The number of anilines is 2. The first-order valence-corrected chi connectivity index (χ1v) is 13.7. The number of hydrogen-bond donors (Lipinski definition) is 2. The molecule has 2 N–H and O–H groups in total. The van der Waals surface area contributed by atoms with Crippen molar-refractivity contribution in [1.82, 2.24) is 10.2 Å². The van der Waals surface area contributed by atoms with E-state index in [4.69, 9.17) is 0 Å². The molecule has 3 aromatic rings. The van der Waals surface area contributed by atoms with Crippen molar-refractivity contribution in [2.75, 3.05) is 48.9 Å². The van der Waals surface area contributed by atoms with E-state index in [-0.39, 0.29) is 16.5 Å². The average Bonchev–Trinajstić information content (AvgIpc) is 3.37. The number of aryl methyl sites for hydroxylation is 1. The second kappa shape index (κ2) is 11.0. The van der Waals surface area contributed by atoms with Gasteiger partial charge in [-0.15, -0.1) is 11.3 Å². The van der Waals surface area contributed by atoms with Gasteiger partial charge in [-0.3, -0.25) is 14.4 Å². The van der Waals surface area contributed by atoms with E-state index in [1.54, 1.807) is 41.8 Å². The third kappa shape index (κ3) is 6.59. The molecule has 180 valence electrons. The fourth-order valence-corrected chi connectivity index (χ4v) is 6.02. The van der Waals surface area contributed by atoms with Crippen molar-refractivity contribution in [1.29, 1.82) is 0 Å². The van der Waals surface area contributed by atoms with Crippen LogP contribution in [0.25, 0.3) is 0 Å². The molecule has 1 amide bonds. The van der Waals surface area contributed by atoms with Gasteiger partial charge in [0, 0.05) is 50.6 Å². The lowest BCUT2D eigenvalue weighted by molar-refractivity contribution is -0.120. The predicted octanol–water partition coefficient (Wildman–Crippen LogP) is 3.34. The Morgan fingerprint density at radius 3 is 2.44 bits per heavy atom. The van der Waals surface area contributed by atoms with Crippen molar-refractivity contribution < 1.29 is 13.2 Å². The molecule has 1 aromatic heterocycles. The highest BCUT2D eigenvalue weighted by Gasteiger charge is 2.17. The third-order valence-corrected chi connectivity index (χ3v) is 8.60. The van der Waals surface area contributed by atoms with Crippen LogP contribution in [0.15, 0.2) is 70.3 Å². The molecular formula is C25H30N4O3S2. The molecule has 0 radical (unpaired) electrons. The normalized spacial score (nSPS) is 14.7. The zero-order chi connectivity index (χ0) is 24.0. The molecule has 0 unspecified atom stereocenters. The fraction of sp³-hybridized carbons (Fsp3) is 0.320. The molecular weight excluding hydrogens is 468 g/mol. The van der Waals surface area contributed by atoms with Gasteiger partial charge in [0.2, 0.25) is 5.91 Å². The summed E-state index contributed by atoms with van der Waals surface area (Å²) >= 11 is 1.17. The van der Waals surface area contributed by atoms with Gasteiger partial charge in [0.25, 0.3) is 10.0 Å². The van der Waals surface area contributed by atoms with Gasteiger partial charge in [0.05, 0.1) is 6.42 Å². The van der Waals surface area contributed by atoms with E-state index in [1.807, 2.05) is 0 Å². The first kappa shape index (κ1) is 24.3. The quantitative estimate of drug-likeness (QED) is 0.473. The van der Waals surface area contributed by atoms with Crippen molar-refractivity contribution in [2.24, 2.45) is 0 Å². The molecule has 9 heteroatoms.